The summed E-state index contributed by atoms with van der Waals surface area (Å²) in [4.78, 5) is 11.0. The Morgan fingerprint density at radius 1 is 0.920 bits per heavy atom. The lowest BCUT2D eigenvalue weighted by atomic mass is 10.1. The van der Waals surface area contributed by atoms with E-state index in [4.69, 9.17) is 10.3 Å². The Morgan fingerprint density at radius 2 is 1.44 bits per heavy atom. The van der Waals surface area contributed by atoms with Crippen molar-refractivity contribution in [3.63, 3.8) is 0 Å². The molecule has 0 unspecified atom stereocenters. The maximum atomic E-state index is 11.0. The third kappa shape index (κ3) is 5.57. The van der Waals surface area contributed by atoms with Crippen LogP contribution < -0.4 is 5.73 Å². The minimum absolute atomic E-state index is 0.447. The minimum atomic E-state index is -0.447. The fourth-order valence-electron chi connectivity index (χ4n) is 1.97. The van der Waals surface area contributed by atoms with Crippen molar-refractivity contribution in [2.45, 2.75) is 27.7 Å². The summed E-state index contributed by atoms with van der Waals surface area (Å²) >= 11 is 3.39. The molecule has 0 atom stereocenters. The molecule has 5 heteroatoms. The van der Waals surface area contributed by atoms with E-state index in [2.05, 4.69) is 21.1 Å². The summed E-state index contributed by atoms with van der Waals surface area (Å²) < 4.78 is 6.37. The van der Waals surface area contributed by atoms with E-state index in [0.717, 1.165) is 15.6 Å². The van der Waals surface area contributed by atoms with Crippen LogP contribution in [-0.2, 0) is 0 Å². The summed E-state index contributed by atoms with van der Waals surface area (Å²) in [6.45, 7) is 8.00. The van der Waals surface area contributed by atoms with Crippen LogP contribution in [0.1, 0.15) is 38.1 Å². The zero-order valence-electron chi connectivity index (χ0n) is 14.9. The van der Waals surface area contributed by atoms with Crippen molar-refractivity contribution in [2.24, 2.45) is 5.73 Å². The maximum absolute atomic E-state index is 11.0. The summed E-state index contributed by atoms with van der Waals surface area (Å²) in [6.07, 6.45) is 0. The zero-order valence-corrected chi connectivity index (χ0v) is 16.5. The number of benzene rings is 2. The highest BCUT2D eigenvalue weighted by molar-refractivity contribution is 9.10. The molecule has 1 amide bonds. The molecule has 0 aliphatic rings. The summed E-state index contributed by atoms with van der Waals surface area (Å²) in [5.41, 5.74) is 8.22. The molecule has 0 saturated carbocycles. The third-order valence-electron chi connectivity index (χ3n) is 3.10. The largest absolute Gasteiger partial charge is 0.366 e. The second-order valence-electron chi connectivity index (χ2n) is 4.52. The van der Waals surface area contributed by atoms with E-state index < -0.39 is 5.91 Å². The molecule has 0 fully saturated rings. The van der Waals surface area contributed by atoms with Crippen LogP contribution in [0.4, 0.5) is 0 Å². The number of rotatable bonds is 3. The molecule has 25 heavy (non-hydrogen) atoms. The smallest absolute Gasteiger partial charge is 0.248 e. The van der Waals surface area contributed by atoms with Crippen LogP contribution in [0.15, 0.2) is 63.6 Å². The highest BCUT2D eigenvalue weighted by Crippen LogP contribution is 2.27. The Bertz CT molecular complexity index is 778. The number of aromatic nitrogens is 1. The SMILES string of the molecule is CC.CC.NC(=O)c1ccc(-c2cc(-c3ccc(Br)cc3)on2)cc1. The molecule has 0 spiro atoms. The Kier molecular flexibility index (Phi) is 8.64. The van der Waals surface area contributed by atoms with Crippen LogP contribution in [0.25, 0.3) is 22.6 Å². The van der Waals surface area contributed by atoms with Gasteiger partial charge >= 0.3 is 0 Å². The van der Waals surface area contributed by atoms with Crippen LogP contribution in [0.3, 0.4) is 0 Å². The Morgan fingerprint density at radius 3 is 1.96 bits per heavy atom. The van der Waals surface area contributed by atoms with Crippen LogP contribution in [0, 0.1) is 0 Å². The molecule has 0 bridgehead atoms. The van der Waals surface area contributed by atoms with E-state index in [1.165, 1.54) is 0 Å². The number of carbonyl (C=O) groups excluding carboxylic acids is 1. The van der Waals surface area contributed by atoms with Crippen molar-refractivity contribution in [3.8, 4) is 22.6 Å². The first-order chi connectivity index (χ1) is 12.1. The lowest BCUT2D eigenvalue weighted by Crippen LogP contribution is -2.10. The van der Waals surface area contributed by atoms with E-state index in [-0.39, 0.29) is 0 Å². The number of hydrogen-bond donors (Lipinski definition) is 1. The van der Waals surface area contributed by atoms with Gasteiger partial charge in [0.15, 0.2) is 5.76 Å². The van der Waals surface area contributed by atoms with Gasteiger partial charge in [0.1, 0.15) is 5.69 Å². The van der Waals surface area contributed by atoms with Crippen molar-refractivity contribution in [3.05, 3.63) is 64.6 Å². The molecule has 0 aliphatic heterocycles. The normalized spacial score (nSPS) is 9.32. The molecule has 3 rings (SSSR count). The number of nitrogens with two attached hydrogens (primary N) is 1. The average molecular weight is 403 g/mol. The average Bonchev–Trinajstić information content (AvgIpc) is 3.16. The van der Waals surface area contributed by atoms with Crippen molar-refractivity contribution < 1.29 is 9.32 Å². The van der Waals surface area contributed by atoms with Gasteiger partial charge in [0.05, 0.1) is 0 Å². The van der Waals surface area contributed by atoms with Crippen molar-refractivity contribution in [1.82, 2.24) is 5.16 Å². The van der Waals surface area contributed by atoms with Crippen LogP contribution in [-0.4, -0.2) is 11.1 Å². The fraction of sp³-hybridized carbons (Fsp3) is 0.200. The van der Waals surface area contributed by atoms with E-state index in [1.807, 2.05) is 58.0 Å². The molecule has 132 valence electrons. The number of hydrogen-bond acceptors (Lipinski definition) is 3. The summed E-state index contributed by atoms with van der Waals surface area (Å²) in [5, 5.41) is 4.06. The highest BCUT2D eigenvalue weighted by atomic mass is 79.9. The second kappa shape index (κ2) is 10.5. The lowest BCUT2D eigenvalue weighted by Gasteiger charge is -1.97. The summed E-state index contributed by atoms with van der Waals surface area (Å²) in [7, 11) is 0. The minimum Gasteiger partial charge on any atom is -0.366 e. The van der Waals surface area contributed by atoms with Crippen LogP contribution in [0.5, 0.6) is 0 Å². The topological polar surface area (TPSA) is 69.1 Å². The van der Waals surface area contributed by atoms with E-state index in [0.29, 0.717) is 17.0 Å². The summed E-state index contributed by atoms with van der Waals surface area (Å²) in [6, 6.07) is 16.6. The predicted molar refractivity (Wildman–Crippen MR) is 106 cm³/mol. The van der Waals surface area contributed by atoms with Gasteiger partial charge in [0, 0.05) is 27.2 Å². The fourth-order valence-corrected chi connectivity index (χ4v) is 2.23. The Labute approximate surface area is 157 Å². The number of halogens is 1. The molecular formula is C20H23BrN2O2. The molecule has 0 radical (unpaired) electrons. The molecule has 1 heterocycles. The van der Waals surface area contributed by atoms with Gasteiger partial charge in [0.25, 0.3) is 0 Å². The van der Waals surface area contributed by atoms with E-state index in [1.54, 1.807) is 24.3 Å². The highest BCUT2D eigenvalue weighted by Gasteiger charge is 2.09. The second-order valence-corrected chi connectivity index (χ2v) is 5.44. The monoisotopic (exact) mass is 402 g/mol. The number of amides is 1. The lowest BCUT2D eigenvalue weighted by molar-refractivity contribution is 0.100. The molecule has 4 nitrogen and oxygen atoms in total. The molecule has 1 aromatic heterocycles. The van der Waals surface area contributed by atoms with Crippen LogP contribution in [0.2, 0.25) is 0 Å². The maximum Gasteiger partial charge on any atom is 0.248 e. The summed E-state index contributed by atoms with van der Waals surface area (Å²) in [5.74, 6) is 0.244. The van der Waals surface area contributed by atoms with Gasteiger partial charge < -0.3 is 10.3 Å². The predicted octanol–water partition coefficient (Wildman–Crippen LogP) is 5.92. The first-order valence-corrected chi connectivity index (χ1v) is 9.06. The van der Waals surface area contributed by atoms with Gasteiger partial charge in [-0.25, -0.2) is 0 Å². The van der Waals surface area contributed by atoms with Gasteiger partial charge in [-0.1, -0.05) is 73.0 Å². The first-order valence-electron chi connectivity index (χ1n) is 8.26. The number of primary amides is 1. The van der Waals surface area contributed by atoms with E-state index >= 15 is 0 Å². The molecule has 2 N–H and O–H groups in total. The van der Waals surface area contributed by atoms with Crippen molar-refractivity contribution in [2.75, 3.05) is 0 Å². The van der Waals surface area contributed by atoms with Gasteiger partial charge in [-0.05, 0) is 24.3 Å². The molecule has 0 saturated heterocycles. The number of carbonyl (C=O) groups is 1. The van der Waals surface area contributed by atoms with Crippen molar-refractivity contribution in [1.29, 1.82) is 0 Å². The first kappa shape index (κ1) is 20.6. The van der Waals surface area contributed by atoms with Gasteiger partial charge in [0.2, 0.25) is 5.91 Å². The zero-order chi connectivity index (χ0) is 18.8. The van der Waals surface area contributed by atoms with E-state index in [9.17, 15) is 4.79 Å². The number of nitrogens with zero attached hydrogens (tertiary/aromatic N) is 1. The Balaban J connectivity index is 0.000000730. The third-order valence-corrected chi connectivity index (χ3v) is 3.63. The standard InChI is InChI=1S/C16H11BrN2O2.2C2H6/c17-13-7-5-11(6-8-13)15-9-14(19-21-15)10-1-3-12(4-2-10)16(18)20;2*1-2/h1-9H,(H2,18,20);2*1-2H3. The van der Waals surface area contributed by atoms with Gasteiger partial charge in [-0.2, -0.15) is 0 Å². The molecule has 3 aromatic rings. The molecular weight excluding hydrogens is 380 g/mol. The Hall–Kier alpha value is -2.40. The van der Waals surface area contributed by atoms with Crippen molar-refractivity contribution >= 4 is 21.8 Å². The van der Waals surface area contributed by atoms with Gasteiger partial charge in [-0.3, -0.25) is 4.79 Å². The molecule has 0 aliphatic carbocycles. The van der Waals surface area contributed by atoms with Crippen LogP contribution >= 0.6 is 15.9 Å². The molecule has 2 aromatic carbocycles. The van der Waals surface area contributed by atoms with Gasteiger partial charge in [-0.15, -0.1) is 0 Å². The quantitative estimate of drug-likeness (QED) is 0.590.